The summed E-state index contributed by atoms with van der Waals surface area (Å²) in [6.07, 6.45) is 22.8. The maximum atomic E-state index is 9.97. The van der Waals surface area contributed by atoms with Crippen molar-refractivity contribution in [2.75, 3.05) is 0 Å². The highest BCUT2D eigenvalue weighted by Gasteiger charge is 1.88. The first-order valence-electron chi connectivity index (χ1n) is 6.85. The van der Waals surface area contributed by atoms with E-state index < -0.39 is 0 Å². The van der Waals surface area contributed by atoms with Crippen molar-refractivity contribution < 1.29 is 4.79 Å². The minimum Gasteiger partial charge on any atom is -0.299 e. The topological polar surface area (TPSA) is 17.1 Å². The van der Waals surface area contributed by atoms with E-state index in [1.54, 1.807) is 6.08 Å². The Morgan fingerprint density at radius 2 is 1.29 bits per heavy atom. The van der Waals surface area contributed by atoms with Crippen molar-refractivity contribution in [2.24, 2.45) is 0 Å². The van der Waals surface area contributed by atoms with Crippen LogP contribution in [0.2, 0.25) is 0 Å². The fourth-order valence-corrected chi connectivity index (χ4v) is 1.63. The minimum absolute atomic E-state index is 0.784. The molecule has 1 nitrogen and oxygen atoms in total. The van der Waals surface area contributed by atoms with Gasteiger partial charge in [-0.1, -0.05) is 75.8 Å². The van der Waals surface area contributed by atoms with E-state index in [2.05, 4.69) is 13.0 Å². The van der Waals surface area contributed by atoms with Crippen LogP contribution in [0.15, 0.2) is 36.5 Å². The molecule has 0 amide bonds. The fraction of sp³-hybridized carbons (Fsp3) is 0.562. The van der Waals surface area contributed by atoms with Crippen LogP contribution >= 0.6 is 0 Å². The van der Waals surface area contributed by atoms with Gasteiger partial charge in [0.2, 0.25) is 0 Å². The highest BCUT2D eigenvalue weighted by Crippen LogP contribution is 2.08. The third-order valence-corrected chi connectivity index (χ3v) is 2.63. The SMILES string of the molecule is CCCCCCCCCC=C/C=C/C=C\C=O. The minimum atomic E-state index is 0.784. The molecule has 0 saturated heterocycles. The van der Waals surface area contributed by atoms with Crippen LogP contribution in [-0.4, -0.2) is 6.29 Å². The molecule has 1 heteroatoms. The molecule has 0 saturated carbocycles. The Morgan fingerprint density at radius 3 is 2.00 bits per heavy atom. The van der Waals surface area contributed by atoms with E-state index >= 15 is 0 Å². The Kier molecular flexibility index (Phi) is 13.9. The summed E-state index contributed by atoms with van der Waals surface area (Å²) in [5.41, 5.74) is 0. The van der Waals surface area contributed by atoms with Gasteiger partial charge < -0.3 is 0 Å². The Hall–Kier alpha value is -1.11. The number of rotatable bonds is 11. The van der Waals surface area contributed by atoms with E-state index in [-0.39, 0.29) is 0 Å². The Bertz CT molecular complexity index is 236. The molecule has 17 heavy (non-hydrogen) atoms. The Balaban J connectivity index is 3.21. The lowest BCUT2D eigenvalue weighted by Crippen LogP contribution is -1.78. The van der Waals surface area contributed by atoms with Crippen LogP contribution in [0.4, 0.5) is 0 Å². The first-order valence-corrected chi connectivity index (χ1v) is 6.85. The molecule has 0 aromatic carbocycles. The molecular formula is C16H26O. The number of hydrogen-bond donors (Lipinski definition) is 0. The summed E-state index contributed by atoms with van der Waals surface area (Å²) in [6.45, 7) is 2.25. The van der Waals surface area contributed by atoms with Crippen LogP contribution in [0.3, 0.4) is 0 Å². The van der Waals surface area contributed by atoms with Gasteiger partial charge in [-0.05, 0) is 18.9 Å². The standard InChI is InChI=1S/C16H26O/c1-2-3-4-5-6-7-8-9-10-11-12-13-14-15-16-17/h10-16H,2-9H2,1H3/b11-10?,13-12+,15-14-. The van der Waals surface area contributed by atoms with Crippen molar-refractivity contribution in [2.45, 2.75) is 58.3 Å². The molecule has 0 aromatic heterocycles. The number of aldehydes is 1. The summed E-state index contributed by atoms with van der Waals surface area (Å²) in [7, 11) is 0. The van der Waals surface area contributed by atoms with Gasteiger partial charge in [0.1, 0.15) is 6.29 Å². The molecule has 0 aliphatic rings. The molecule has 0 heterocycles. The number of carbonyl (C=O) groups is 1. The number of allylic oxidation sites excluding steroid dienone is 6. The van der Waals surface area contributed by atoms with E-state index in [1.165, 1.54) is 51.0 Å². The normalized spacial score (nSPS) is 12.1. The van der Waals surface area contributed by atoms with Crippen molar-refractivity contribution >= 4 is 6.29 Å². The van der Waals surface area contributed by atoms with Crippen LogP contribution in [0.1, 0.15) is 58.3 Å². The summed E-state index contributed by atoms with van der Waals surface area (Å²) in [6, 6.07) is 0. The average Bonchev–Trinajstić information content (AvgIpc) is 2.35. The second kappa shape index (κ2) is 14.9. The highest BCUT2D eigenvalue weighted by atomic mass is 16.1. The summed E-state index contributed by atoms with van der Waals surface area (Å²) in [5, 5.41) is 0. The predicted molar refractivity (Wildman–Crippen MR) is 76.1 cm³/mol. The predicted octanol–water partition coefficient (Wildman–Crippen LogP) is 4.99. The average molecular weight is 234 g/mol. The summed E-state index contributed by atoms with van der Waals surface area (Å²) < 4.78 is 0. The third-order valence-electron chi connectivity index (χ3n) is 2.63. The van der Waals surface area contributed by atoms with Gasteiger partial charge in [-0.25, -0.2) is 0 Å². The van der Waals surface area contributed by atoms with Crippen molar-refractivity contribution in [3.63, 3.8) is 0 Å². The molecule has 0 aromatic rings. The first-order chi connectivity index (χ1) is 8.41. The molecule has 0 spiro atoms. The lowest BCUT2D eigenvalue weighted by Gasteiger charge is -1.98. The number of carbonyl (C=O) groups excluding carboxylic acids is 1. The zero-order valence-electron chi connectivity index (χ0n) is 11.1. The van der Waals surface area contributed by atoms with E-state index in [1.807, 2.05) is 18.2 Å². The zero-order valence-corrected chi connectivity index (χ0v) is 11.1. The van der Waals surface area contributed by atoms with Crippen LogP contribution in [0.5, 0.6) is 0 Å². The summed E-state index contributed by atoms with van der Waals surface area (Å²) in [5.74, 6) is 0. The van der Waals surface area contributed by atoms with Crippen LogP contribution in [-0.2, 0) is 4.79 Å². The number of unbranched alkanes of at least 4 members (excludes halogenated alkanes) is 7. The number of hydrogen-bond acceptors (Lipinski definition) is 1. The molecule has 0 atom stereocenters. The van der Waals surface area contributed by atoms with Gasteiger partial charge in [0.15, 0.2) is 0 Å². The van der Waals surface area contributed by atoms with Gasteiger partial charge in [-0.2, -0.15) is 0 Å². The third kappa shape index (κ3) is 14.9. The molecule has 0 rings (SSSR count). The molecule has 0 aliphatic carbocycles. The van der Waals surface area contributed by atoms with Gasteiger partial charge in [-0.3, -0.25) is 4.79 Å². The lowest BCUT2D eigenvalue weighted by atomic mass is 10.1. The molecule has 0 aliphatic heterocycles. The largest absolute Gasteiger partial charge is 0.299 e. The van der Waals surface area contributed by atoms with Crippen LogP contribution < -0.4 is 0 Å². The first kappa shape index (κ1) is 15.9. The zero-order chi connectivity index (χ0) is 12.6. The fourth-order valence-electron chi connectivity index (χ4n) is 1.63. The maximum absolute atomic E-state index is 9.97. The van der Waals surface area contributed by atoms with Crippen molar-refractivity contribution in [3.05, 3.63) is 36.5 Å². The monoisotopic (exact) mass is 234 g/mol. The Labute approximate surface area is 106 Å². The molecule has 0 N–H and O–H groups in total. The van der Waals surface area contributed by atoms with E-state index in [0.717, 1.165) is 12.7 Å². The molecule has 0 bridgehead atoms. The summed E-state index contributed by atoms with van der Waals surface area (Å²) in [4.78, 5) is 9.97. The maximum Gasteiger partial charge on any atom is 0.142 e. The molecular weight excluding hydrogens is 208 g/mol. The van der Waals surface area contributed by atoms with Crippen molar-refractivity contribution in [1.29, 1.82) is 0 Å². The van der Waals surface area contributed by atoms with Crippen LogP contribution in [0.25, 0.3) is 0 Å². The van der Waals surface area contributed by atoms with Gasteiger partial charge in [0, 0.05) is 0 Å². The van der Waals surface area contributed by atoms with Crippen molar-refractivity contribution in [3.8, 4) is 0 Å². The van der Waals surface area contributed by atoms with E-state index in [0.29, 0.717) is 0 Å². The Morgan fingerprint density at radius 1 is 0.706 bits per heavy atom. The van der Waals surface area contributed by atoms with Crippen LogP contribution in [0, 0.1) is 0 Å². The van der Waals surface area contributed by atoms with E-state index in [4.69, 9.17) is 0 Å². The summed E-state index contributed by atoms with van der Waals surface area (Å²) >= 11 is 0. The van der Waals surface area contributed by atoms with Gasteiger partial charge in [0.05, 0.1) is 0 Å². The second-order valence-corrected chi connectivity index (χ2v) is 4.24. The highest BCUT2D eigenvalue weighted by molar-refractivity contribution is 5.65. The lowest BCUT2D eigenvalue weighted by molar-refractivity contribution is -0.104. The second-order valence-electron chi connectivity index (χ2n) is 4.24. The van der Waals surface area contributed by atoms with Crippen molar-refractivity contribution in [1.82, 2.24) is 0 Å². The molecule has 96 valence electrons. The quantitative estimate of drug-likeness (QED) is 0.213. The van der Waals surface area contributed by atoms with Gasteiger partial charge >= 0.3 is 0 Å². The van der Waals surface area contributed by atoms with E-state index in [9.17, 15) is 4.79 Å². The van der Waals surface area contributed by atoms with Gasteiger partial charge in [-0.15, -0.1) is 0 Å². The molecule has 0 fully saturated rings. The molecule has 0 unspecified atom stereocenters. The molecule has 0 radical (unpaired) electrons. The van der Waals surface area contributed by atoms with Gasteiger partial charge in [0.25, 0.3) is 0 Å². The smallest absolute Gasteiger partial charge is 0.142 e.